The third kappa shape index (κ3) is 3.32. The van der Waals surface area contributed by atoms with E-state index in [0.717, 1.165) is 28.0 Å². The number of benzene rings is 1. The molecule has 0 fully saturated rings. The average Bonchev–Trinajstić information content (AvgIpc) is 2.53. The summed E-state index contributed by atoms with van der Waals surface area (Å²) in [5, 5.41) is 0. The van der Waals surface area contributed by atoms with Gasteiger partial charge in [-0.05, 0) is 19.1 Å². The Bertz CT molecular complexity index is 636. The molecule has 0 aliphatic heterocycles. The van der Waals surface area contributed by atoms with Crippen LogP contribution in [0, 0.1) is 6.92 Å². The van der Waals surface area contributed by atoms with Gasteiger partial charge in [-0.1, -0.05) is 18.2 Å². The Hall–Kier alpha value is -1.08. The van der Waals surface area contributed by atoms with Gasteiger partial charge in [0.05, 0.1) is 32.4 Å². The van der Waals surface area contributed by atoms with E-state index in [1.54, 1.807) is 4.68 Å². The van der Waals surface area contributed by atoms with Gasteiger partial charge in [-0.25, -0.2) is 4.68 Å². The van der Waals surface area contributed by atoms with Gasteiger partial charge >= 0.3 is 0 Å². The van der Waals surface area contributed by atoms with Crippen molar-refractivity contribution in [3.8, 4) is 5.69 Å². The second-order valence-electron chi connectivity index (χ2n) is 5.99. The molecule has 110 valence electrons. The Kier molecular flexibility index (Phi) is 5.21. The standard InChI is InChI=1S/C15H22N3O.HI/c1-12-14(11-18(3,4)5)15(19)17(16(12)2)13-9-7-6-8-10-13;/h6-10H,11H2,1-5H3;1H/q+1;/p-1. The van der Waals surface area contributed by atoms with Crippen LogP contribution in [0.5, 0.6) is 0 Å². The van der Waals surface area contributed by atoms with E-state index in [2.05, 4.69) is 21.1 Å². The van der Waals surface area contributed by atoms with Crippen molar-refractivity contribution >= 4 is 0 Å². The molecule has 1 aromatic carbocycles. The summed E-state index contributed by atoms with van der Waals surface area (Å²) in [6.07, 6.45) is 0. The van der Waals surface area contributed by atoms with Gasteiger partial charge < -0.3 is 28.5 Å². The molecule has 0 atom stereocenters. The minimum Gasteiger partial charge on any atom is -1.00 e. The summed E-state index contributed by atoms with van der Waals surface area (Å²) >= 11 is 0. The van der Waals surface area contributed by atoms with E-state index in [0.29, 0.717) is 0 Å². The predicted octanol–water partition coefficient (Wildman–Crippen LogP) is -1.31. The molecule has 0 saturated carbocycles. The molecule has 4 nitrogen and oxygen atoms in total. The Labute approximate surface area is 137 Å². The molecule has 0 spiro atoms. The number of halogens is 1. The molecule has 0 bridgehead atoms. The van der Waals surface area contributed by atoms with Crippen molar-refractivity contribution in [2.75, 3.05) is 21.1 Å². The van der Waals surface area contributed by atoms with Gasteiger partial charge in [0.15, 0.2) is 0 Å². The molecule has 2 aromatic rings. The van der Waals surface area contributed by atoms with E-state index in [9.17, 15) is 4.79 Å². The molecule has 5 heteroatoms. The Morgan fingerprint density at radius 3 is 2.15 bits per heavy atom. The zero-order chi connectivity index (χ0) is 14.2. The van der Waals surface area contributed by atoms with Crippen LogP contribution in [-0.2, 0) is 13.6 Å². The van der Waals surface area contributed by atoms with Gasteiger partial charge in [-0.15, -0.1) is 0 Å². The maximum Gasteiger partial charge on any atom is 0.280 e. The van der Waals surface area contributed by atoms with E-state index in [4.69, 9.17) is 0 Å². The van der Waals surface area contributed by atoms with Gasteiger partial charge in [0.1, 0.15) is 6.54 Å². The van der Waals surface area contributed by atoms with E-state index in [1.165, 1.54) is 0 Å². The lowest BCUT2D eigenvalue weighted by molar-refractivity contribution is -0.884. The molecular weight excluding hydrogens is 365 g/mol. The van der Waals surface area contributed by atoms with Crippen LogP contribution in [0.3, 0.4) is 0 Å². The monoisotopic (exact) mass is 387 g/mol. The highest BCUT2D eigenvalue weighted by Gasteiger charge is 2.21. The largest absolute Gasteiger partial charge is 1.00 e. The number of rotatable bonds is 3. The highest BCUT2D eigenvalue weighted by Crippen LogP contribution is 2.12. The fourth-order valence-electron chi connectivity index (χ4n) is 2.28. The quantitative estimate of drug-likeness (QED) is 0.475. The fraction of sp³-hybridized carbons (Fsp3) is 0.400. The smallest absolute Gasteiger partial charge is 0.280 e. The zero-order valence-electron chi connectivity index (χ0n) is 12.7. The van der Waals surface area contributed by atoms with Crippen molar-refractivity contribution in [1.29, 1.82) is 0 Å². The van der Waals surface area contributed by atoms with Gasteiger partial charge in [-0.2, -0.15) is 0 Å². The third-order valence-corrected chi connectivity index (χ3v) is 3.31. The molecule has 0 aliphatic rings. The van der Waals surface area contributed by atoms with Crippen LogP contribution >= 0.6 is 0 Å². The lowest BCUT2D eigenvalue weighted by Crippen LogP contribution is -3.00. The second kappa shape index (κ2) is 6.13. The summed E-state index contributed by atoms with van der Waals surface area (Å²) in [5.41, 5.74) is 2.91. The SMILES string of the molecule is Cc1c(C[N+](C)(C)C)c(=O)n(-c2ccccc2)n1C.[I-]. The van der Waals surface area contributed by atoms with Gasteiger partial charge in [0, 0.05) is 12.7 Å². The lowest BCUT2D eigenvalue weighted by atomic mass is 10.2. The molecule has 20 heavy (non-hydrogen) atoms. The minimum absolute atomic E-state index is 0. The first-order chi connectivity index (χ1) is 8.81. The van der Waals surface area contributed by atoms with Crippen LogP contribution < -0.4 is 29.5 Å². The molecule has 0 unspecified atom stereocenters. The molecule has 0 aliphatic carbocycles. The van der Waals surface area contributed by atoms with Crippen LogP contribution in [0.25, 0.3) is 5.69 Å². The van der Waals surface area contributed by atoms with E-state index >= 15 is 0 Å². The number of nitrogens with zero attached hydrogens (tertiary/aromatic N) is 3. The van der Waals surface area contributed by atoms with E-state index in [-0.39, 0.29) is 29.5 Å². The van der Waals surface area contributed by atoms with Crippen LogP contribution in [-0.4, -0.2) is 35.0 Å². The van der Waals surface area contributed by atoms with Crippen LogP contribution in [0.4, 0.5) is 0 Å². The van der Waals surface area contributed by atoms with Crippen molar-refractivity contribution in [2.24, 2.45) is 7.05 Å². The number of hydrogen-bond donors (Lipinski definition) is 0. The van der Waals surface area contributed by atoms with Crippen molar-refractivity contribution < 1.29 is 28.5 Å². The lowest BCUT2D eigenvalue weighted by Gasteiger charge is -2.23. The Balaban J connectivity index is 0.00000200. The van der Waals surface area contributed by atoms with Crippen molar-refractivity contribution in [2.45, 2.75) is 13.5 Å². The van der Waals surface area contributed by atoms with Gasteiger partial charge in [0.2, 0.25) is 0 Å². The van der Waals surface area contributed by atoms with E-state index in [1.807, 2.05) is 49.0 Å². The average molecular weight is 387 g/mol. The van der Waals surface area contributed by atoms with Gasteiger partial charge in [-0.3, -0.25) is 9.48 Å². The first kappa shape index (κ1) is 17.0. The van der Waals surface area contributed by atoms with Crippen molar-refractivity contribution in [3.05, 3.63) is 51.9 Å². The Morgan fingerprint density at radius 2 is 1.65 bits per heavy atom. The maximum absolute atomic E-state index is 12.6. The number of quaternary nitrogens is 1. The second-order valence-corrected chi connectivity index (χ2v) is 5.99. The molecular formula is C15H22IN3O. The fourth-order valence-corrected chi connectivity index (χ4v) is 2.28. The third-order valence-electron chi connectivity index (χ3n) is 3.31. The van der Waals surface area contributed by atoms with E-state index < -0.39 is 0 Å². The first-order valence-electron chi connectivity index (χ1n) is 6.44. The number of hydrogen-bond acceptors (Lipinski definition) is 1. The first-order valence-corrected chi connectivity index (χ1v) is 6.44. The molecule has 0 amide bonds. The predicted molar refractivity (Wildman–Crippen MR) is 77.5 cm³/mol. The maximum atomic E-state index is 12.6. The molecule has 1 aromatic heterocycles. The zero-order valence-corrected chi connectivity index (χ0v) is 14.9. The van der Waals surface area contributed by atoms with Crippen molar-refractivity contribution in [1.82, 2.24) is 9.36 Å². The van der Waals surface area contributed by atoms with Crippen LogP contribution in [0.15, 0.2) is 35.1 Å². The topological polar surface area (TPSA) is 26.9 Å². The summed E-state index contributed by atoms with van der Waals surface area (Å²) in [5.74, 6) is 0. The normalized spacial score (nSPS) is 11.2. The van der Waals surface area contributed by atoms with Crippen LogP contribution in [0.1, 0.15) is 11.3 Å². The molecule has 0 N–H and O–H groups in total. The van der Waals surface area contributed by atoms with Gasteiger partial charge in [0.25, 0.3) is 5.56 Å². The summed E-state index contributed by atoms with van der Waals surface area (Å²) in [4.78, 5) is 12.6. The molecule has 0 radical (unpaired) electrons. The van der Waals surface area contributed by atoms with Crippen LogP contribution in [0.2, 0.25) is 0 Å². The summed E-state index contributed by atoms with van der Waals surface area (Å²) < 4.78 is 4.41. The minimum atomic E-state index is 0. The number of aromatic nitrogens is 2. The molecule has 2 rings (SSSR count). The highest BCUT2D eigenvalue weighted by molar-refractivity contribution is 5.33. The highest BCUT2D eigenvalue weighted by atomic mass is 127. The summed E-state index contributed by atoms with van der Waals surface area (Å²) in [7, 11) is 8.22. The summed E-state index contributed by atoms with van der Waals surface area (Å²) in [6.45, 7) is 2.74. The summed E-state index contributed by atoms with van der Waals surface area (Å²) in [6, 6.07) is 9.76. The molecule has 0 saturated heterocycles. The number of para-hydroxylation sites is 1. The Morgan fingerprint density at radius 1 is 1.10 bits per heavy atom. The van der Waals surface area contributed by atoms with Crippen molar-refractivity contribution in [3.63, 3.8) is 0 Å². The molecule has 1 heterocycles.